The van der Waals surface area contributed by atoms with Crippen molar-refractivity contribution in [3.05, 3.63) is 70.0 Å². The number of rotatable bonds is 2. The Morgan fingerprint density at radius 2 is 1.61 bits per heavy atom. The van der Waals surface area contributed by atoms with Crippen molar-refractivity contribution in [2.75, 3.05) is 0 Å². The largest absolute Gasteiger partial charge is 0.288 e. The van der Waals surface area contributed by atoms with E-state index in [4.69, 9.17) is 11.6 Å². The SMILES string of the molecule is O=C(c1cc(F)cc(Cl)c1)c1c(F)cccc1F. The molecule has 0 radical (unpaired) electrons. The molecule has 0 saturated carbocycles. The van der Waals surface area contributed by atoms with E-state index >= 15 is 0 Å². The fourth-order valence-electron chi connectivity index (χ4n) is 1.54. The Hall–Kier alpha value is -1.81. The summed E-state index contributed by atoms with van der Waals surface area (Å²) in [6.45, 7) is 0. The van der Waals surface area contributed by atoms with Crippen LogP contribution in [0, 0.1) is 17.5 Å². The lowest BCUT2D eigenvalue weighted by molar-refractivity contribution is 0.103. The van der Waals surface area contributed by atoms with Gasteiger partial charge in [0, 0.05) is 10.6 Å². The van der Waals surface area contributed by atoms with Crippen molar-refractivity contribution in [1.82, 2.24) is 0 Å². The van der Waals surface area contributed by atoms with Crippen molar-refractivity contribution < 1.29 is 18.0 Å². The first-order chi connectivity index (χ1) is 8.49. The van der Waals surface area contributed by atoms with Crippen LogP contribution < -0.4 is 0 Å². The predicted molar refractivity (Wildman–Crippen MR) is 61.2 cm³/mol. The van der Waals surface area contributed by atoms with E-state index in [1.165, 1.54) is 0 Å². The van der Waals surface area contributed by atoms with Crippen LogP contribution in [-0.4, -0.2) is 5.78 Å². The minimum absolute atomic E-state index is 0.0184. The summed E-state index contributed by atoms with van der Waals surface area (Å²) >= 11 is 5.58. The molecule has 0 amide bonds. The number of halogens is 4. The summed E-state index contributed by atoms with van der Waals surface area (Å²) in [7, 11) is 0. The molecule has 5 heteroatoms. The lowest BCUT2D eigenvalue weighted by atomic mass is 10.0. The van der Waals surface area contributed by atoms with Crippen molar-refractivity contribution >= 4 is 17.4 Å². The second-order valence-electron chi connectivity index (χ2n) is 3.58. The molecule has 0 aliphatic rings. The molecule has 0 unspecified atom stereocenters. The van der Waals surface area contributed by atoms with Gasteiger partial charge in [-0.2, -0.15) is 0 Å². The standard InChI is InChI=1S/C13H6ClF3O/c14-8-4-7(5-9(15)6-8)13(18)12-10(16)2-1-3-11(12)17/h1-6H. The highest BCUT2D eigenvalue weighted by Crippen LogP contribution is 2.20. The predicted octanol–water partition coefficient (Wildman–Crippen LogP) is 3.99. The van der Waals surface area contributed by atoms with Gasteiger partial charge in [-0.3, -0.25) is 4.79 Å². The highest BCUT2D eigenvalue weighted by Gasteiger charge is 2.19. The van der Waals surface area contributed by atoms with E-state index in [-0.39, 0.29) is 10.6 Å². The number of carbonyl (C=O) groups excluding carboxylic acids is 1. The Kier molecular flexibility index (Phi) is 3.39. The Morgan fingerprint density at radius 3 is 2.17 bits per heavy atom. The summed E-state index contributed by atoms with van der Waals surface area (Å²) in [5.74, 6) is -3.70. The summed E-state index contributed by atoms with van der Waals surface area (Å²) in [5.41, 5.74) is -0.928. The van der Waals surface area contributed by atoms with Crippen LogP contribution in [0.4, 0.5) is 13.2 Å². The van der Waals surface area contributed by atoms with E-state index in [0.29, 0.717) is 0 Å². The zero-order valence-corrected chi connectivity index (χ0v) is 9.64. The van der Waals surface area contributed by atoms with Gasteiger partial charge >= 0.3 is 0 Å². The van der Waals surface area contributed by atoms with Gasteiger partial charge in [-0.1, -0.05) is 17.7 Å². The van der Waals surface area contributed by atoms with Gasteiger partial charge in [0.25, 0.3) is 0 Å². The molecule has 0 bridgehead atoms. The van der Waals surface area contributed by atoms with E-state index in [1.807, 2.05) is 0 Å². The van der Waals surface area contributed by atoms with Crippen LogP contribution in [0.15, 0.2) is 36.4 Å². The molecule has 0 heterocycles. The zero-order chi connectivity index (χ0) is 13.3. The van der Waals surface area contributed by atoms with Crippen LogP contribution in [0.1, 0.15) is 15.9 Å². The van der Waals surface area contributed by atoms with Crippen LogP contribution in [0.3, 0.4) is 0 Å². The third kappa shape index (κ3) is 2.38. The second kappa shape index (κ2) is 4.82. The average Bonchev–Trinajstić information content (AvgIpc) is 2.27. The van der Waals surface area contributed by atoms with E-state index in [1.54, 1.807) is 0 Å². The Bertz CT molecular complexity index is 585. The zero-order valence-electron chi connectivity index (χ0n) is 8.88. The molecule has 0 aromatic heterocycles. The van der Waals surface area contributed by atoms with Gasteiger partial charge in [0.15, 0.2) is 5.78 Å². The first-order valence-electron chi connectivity index (χ1n) is 4.94. The number of hydrogen-bond acceptors (Lipinski definition) is 1. The molecule has 0 aliphatic carbocycles. The molecule has 18 heavy (non-hydrogen) atoms. The van der Waals surface area contributed by atoms with Gasteiger partial charge in [-0.25, -0.2) is 13.2 Å². The van der Waals surface area contributed by atoms with Gasteiger partial charge in [0.2, 0.25) is 0 Å². The lowest BCUT2D eigenvalue weighted by Gasteiger charge is -2.05. The fraction of sp³-hybridized carbons (Fsp3) is 0. The normalized spacial score (nSPS) is 10.4. The molecule has 0 aliphatic heterocycles. The van der Waals surface area contributed by atoms with Crippen LogP contribution in [-0.2, 0) is 0 Å². The highest BCUT2D eigenvalue weighted by molar-refractivity contribution is 6.31. The average molecular weight is 271 g/mol. The minimum Gasteiger partial charge on any atom is -0.288 e. The summed E-state index contributed by atoms with van der Waals surface area (Å²) in [5, 5.41) is -0.0184. The molecule has 1 nitrogen and oxygen atoms in total. The monoisotopic (exact) mass is 270 g/mol. The molecule has 0 spiro atoms. The quantitative estimate of drug-likeness (QED) is 0.754. The van der Waals surface area contributed by atoms with Gasteiger partial charge in [0.1, 0.15) is 17.5 Å². The fourth-order valence-corrected chi connectivity index (χ4v) is 1.77. The van der Waals surface area contributed by atoms with E-state index in [0.717, 1.165) is 36.4 Å². The third-order valence-electron chi connectivity index (χ3n) is 2.31. The Labute approximate surface area is 106 Å². The number of hydrogen-bond donors (Lipinski definition) is 0. The van der Waals surface area contributed by atoms with Crippen LogP contribution in [0.2, 0.25) is 5.02 Å². The molecular weight excluding hydrogens is 265 g/mol. The topological polar surface area (TPSA) is 17.1 Å². The first-order valence-corrected chi connectivity index (χ1v) is 5.31. The maximum Gasteiger partial charge on any atom is 0.199 e. The third-order valence-corrected chi connectivity index (χ3v) is 2.53. The van der Waals surface area contributed by atoms with E-state index in [9.17, 15) is 18.0 Å². The van der Waals surface area contributed by atoms with Gasteiger partial charge in [0.05, 0.1) is 5.56 Å². The number of benzene rings is 2. The summed E-state index contributed by atoms with van der Waals surface area (Å²) in [4.78, 5) is 11.9. The van der Waals surface area contributed by atoms with E-state index < -0.39 is 28.8 Å². The first kappa shape index (κ1) is 12.6. The number of ketones is 1. The molecule has 0 fully saturated rings. The smallest absolute Gasteiger partial charge is 0.199 e. The second-order valence-corrected chi connectivity index (χ2v) is 4.02. The van der Waals surface area contributed by atoms with Crippen molar-refractivity contribution in [2.45, 2.75) is 0 Å². The minimum atomic E-state index is -1.000. The molecule has 2 aromatic carbocycles. The molecular formula is C13H6ClF3O. The molecule has 0 saturated heterocycles. The summed E-state index contributed by atoms with van der Waals surface area (Å²) in [6.07, 6.45) is 0. The molecule has 0 atom stereocenters. The highest BCUT2D eigenvalue weighted by atomic mass is 35.5. The van der Waals surface area contributed by atoms with E-state index in [2.05, 4.69) is 0 Å². The van der Waals surface area contributed by atoms with Gasteiger partial charge in [-0.05, 0) is 30.3 Å². The molecule has 0 N–H and O–H groups in total. The van der Waals surface area contributed by atoms with Crippen molar-refractivity contribution in [1.29, 1.82) is 0 Å². The molecule has 2 rings (SSSR count). The van der Waals surface area contributed by atoms with Crippen molar-refractivity contribution in [3.63, 3.8) is 0 Å². The number of carbonyl (C=O) groups is 1. The van der Waals surface area contributed by atoms with Crippen molar-refractivity contribution in [3.8, 4) is 0 Å². The van der Waals surface area contributed by atoms with Crippen LogP contribution >= 0.6 is 11.6 Å². The Morgan fingerprint density at radius 1 is 1.00 bits per heavy atom. The van der Waals surface area contributed by atoms with Crippen LogP contribution in [0.25, 0.3) is 0 Å². The lowest BCUT2D eigenvalue weighted by Crippen LogP contribution is -2.07. The van der Waals surface area contributed by atoms with Gasteiger partial charge in [-0.15, -0.1) is 0 Å². The Balaban J connectivity index is 2.55. The summed E-state index contributed by atoms with van der Waals surface area (Å²) in [6, 6.07) is 6.07. The van der Waals surface area contributed by atoms with Crippen molar-refractivity contribution in [2.24, 2.45) is 0 Å². The maximum atomic E-state index is 13.4. The van der Waals surface area contributed by atoms with Gasteiger partial charge < -0.3 is 0 Å². The van der Waals surface area contributed by atoms with Crippen LogP contribution in [0.5, 0.6) is 0 Å². The maximum absolute atomic E-state index is 13.4. The molecule has 2 aromatic rings. The molecule has 92 valence electrons. The summed E-state index contributed by atoms with van der Waals surface area (Å²) < 4.78 is 39.9.